The van der Waals surface area contributed by atoms with Gasteiger partial charge in [-0.3, -0.25) is 4.79 Å². The maximum atomic E-state index is 11.8. The third kappa shape index (κ3) is 3.26. The average Bonchev–Trinajstić information content (AvgIpc) is 2.30. The molecule has 0 unspecified atom stereocenters. The lowest BCUT2D eigenvalue weighted by Gasteiger charge is -2.06. The standard InChI is InChI=1S/C13H18O3/c1-3-4-5-6-12(14)11-9-10(16-2)7-8-13(11)15/h7-9,15H,3-6H2,1-2H3. The van der Waals surface area contributed by atoms with E-state index in [0.29, 0.717) is 17.7 Å². The van der Waals surface area contributed by atoms with Crippen LogP contribution in [0.2, 0.25) is 0 Å². The topological polar surface area (TPSA) is 46.5 Å². The van der Waals surface area contributed by atoms with E-state index >= 15 is 0 Å². The largest absolute Gasteiger partial charge is 0.507 e. The number of carbonyl (C=O) groups excluding carboxylic acids is 1. The highest BCUT2D eigenvalue weighted by Gasteiger charge is 2.11. The Labute approximate surface area is 96.1 Å². The first-order valence-corrected chi connectivity index (χ1v) is 5.59. The van der Waals surface area contributed by atoms with Crippen molar-refractivity contribution in [1.82, 2.24) is 0 Å². The predicted octanol–water partition coefficient (Wildman–Crippen LogP) is 3.16. The van der Waals surface area contributed by atoms with Crippen LogP contribution in [0.25, 0.3) is 0 Å². The maximum absolute atomic E-state index is 11.8. The van der Waals surface area contributed by atoms with Gasteiger partial charge in [0.15, 0.2) is 5.78 Å². The van der Waals surface area contributed by atoms with Crippen molar-refractivity contribution in [1.29, 1.82) is 0 Å². The molecule has 1 rings (SSSR count). The van der Waals surface area contributed by atoms with E-state index in [2.05, 4.69) is 6.92 Å². The first-order chi connectivity index (χ1) is 7.69. The van der Waals surface area contributed by atoms with Gasteiger partial charge in [-0.25, -0.2) is 0 Å². The highest BCUT2D eigenvalue weighted by Crippen LogP contribution is 2.24. The van der Waals surface area contributed by atoms with Crippen LogP contribution in [-0.2, 0) is 0 Å². The van der Waals surface area contributed by atoms with E-state index in [4.69, 9.17) is 4.74 Å². The van der Waals surface area contributed by atoms with Crippen LogP contribution in [0.1, 0.15) is 43.0 Å². The zero-order valence-electron chi connectivity index (χ0n) is 9.82. The Balaban J connectivity index is 2.73. The van der Waals surface area contributed by atoms with E-state index in [-0.39, 0.29) is 11.5 Å². The van der Waals surface area contributed by atoms with Crippen molar-refractivity contribution in [3.8, 4) is 11.5 Å². The fourth-order valence-corrected chi connectivity index (χ4v) is 1.54. The third-order valence-corrected chi connectivity index (χ3v) is 2.51. The van der Waals surface area contributed by atoms with E-state index in [9.17, 15) is 9.90 Å². The Kier molecular flexibility index (Phi) is 4.83. The minimum absolute atomic E-state index is 0.0233. The number of phenols is 1. The predicted molar refractivity (Wildman–Crippen MR) is 63.1 cm³/mol. The molecule has 0 heterocycles. The van der Waals surface area contributed by atoms with Gasteiger partial charge in [0.2, 0.25) is 0 Å². The van der Waals surface area contributed by atoms with Gasteiger partial charge < -0.3 is 9.84 Å². The number of rotatable bonds is 6. The molecule has 1 aromatic rings. The van der Waals surface area contributed by atoms with Crippen molar-refractivity contribution in [2.45, 2.75) is 32.6 Å². The number of hydrogen-bond acceptors (Lipinski definition) is 3. The normalized spacial score (nSPS) is 10.1. The lowest BCUT2D eigenvalue weighted by Crippen LogP contribution is -2.00. The van der Waals surface area contributed by atoms with Gasteiger partial charge in [-0.1, -0.05) is 19.8 Å². The highest BCUT2D eigenvalue weighted by atomic mass is 16.5. The number of methoxy groups -OCH3 is 1. The second-order valence-electron chi connectivity index (χ2n) is 3.76. The molecule has 16 heavy (non-hydrogen) atoms. The van der Waals surface area contributed by atoms with Gasteiger partial charge in [-0.2, -0.15) is 0 Å². The smallest absolute Gasteiger partial charge is 0.166 e. The summed E-state index contributed by atoms with van der Waals surface area (Å²) < 4.78 is 5.02. The Morgan fingerprint density at radius 2 is 2.12 bits per heavy atom. The maximum Gasteiger partial charge on any atom is 0.166 e. The number of ketones is 1. The van der Waals surface area contributed by atoms with Gasteiger partial charge >= 0.3 is 0 Å². The average molecular weight is 222 g/mol. The Morgan fingerprint density at radius 1 is 1.38 bits per heavy atom. The number of hydrogen-bond donors (Lipinski definition) is 1. The van der Waals surface area contributed by atoms with Crippen LogP contribution < -0.4 is 4.74 Å². The van der Waals surface area contributed by atoms with Gasteiger partial charge in [0.05, 0.1) is 12.7 Å². The molecule has 0 aliphatic rings. The van der Waals surface area contributed by atoms with E-state index < -0.39 is 0 Å². The lowest BCUT2D eigenvalue weighted by molar-refractivity contribution is 0.0976. The summed E-state index contributed by atoms with van der Waals surface area (Å²) in [5.41, 5.74) is 0.357. The molecule has 1 aromatic carbocycles. The minimum atomic E-state index is -0.0233. The molecular weight excluding hydrogens is 204 g/mol. The molecule has 3 nitrogen and oxygen atoms in total. The first kappa shape index (κ1) is 12.6. The Bertz CT molecular complexity index is 358. The molecule has 0 fully saturated rings. The SMILES string of the molecule is CCCCCC(=O)c1cc(OC)ccc1O. The lowest BCUT2D eigenvalue weighted by atomic mass is 10.0. The summed E-state index contributed by atoms with van der Waals surface area (Å²) >= 11 is 0. The van der Waals surface area contributed by atoms with Crippen molar-refractivity contribution in [2.75, 3.05) is 7.11 Å². The first-order valence-electron chi connectivity index (χ1n) is 5.59. The number of Topliss-reactive ketones (excluding diaryl/α,β-unsaturated/α-hetero) is 1. The number of ether oxygens (including phenoxy) is 1. The van der Waals surface area contributed by atoms with Gasteiger partial charge in [0.1, 0.15) is 11.5 Å². The van der Waals surface area contributed by atoms with E-state index in [1.54, 1.807) is 12.1 Å². The van der Waals surface area contributed by atoms with E-state index in [0.717, 1.165) is 19.3 Å². The van der Waals surface area contributed by atoms with Gasteiger partial charge in [-0.05, 0) is 24.6 Å². The van der Waals surface area contributed by atoms with Crippen LogP contribution in [0, 0.1) is 0 Å². The zero-order chi connectivity index (χ0) is 12.0. The van der Waals surface area contributed by atoms with Crippen molar-refractivity contribution >= 4 is 5.78 Å². The molecule has 0 aromatic heterocycles. The summed E-state index contributed by atoms with van der Waals surface area (Å²) in [5.74, 6) is 0.601. The summed E-state index contributed by atoms with van der Waals surface area (Å²) in [5, 5.41) is 9.58. The Morgan fingerprint density at radius 3 is 2.75 bits per heavy atom. The van der Waals surface area contributed by atoms with E-state index in [1.807, 2.05) is 0 Å². The minimum Gasteiger partial charge on any atom is -0.507 e. The second-order valence-corrected chi connectivity index (χ2v) is 3.76. The zero-order valence-corrected chi connectivity index (χ0v) is 9.82. The summed E-state index contributed by atoms with van der Waals surface area (Å²) in [7, 11) is 1.54. The number of benzene rings is 1. The molecule has 0 saturated carbocycles. The summed E-state index contributed by atoms with van der Waals surface area (Å²) in [6, 6.07) is 4.72. The van der Waals surface area contributed by atoms with Crippen LogP contribution in [0.4, 0.5) is 0 Å². The number of carbonyl (C=O) groups is 1. The van der Waals surface area contributed by atoms with Crippen molar-refractivity contribution in [3.63, 3.8) is 0 Å². The fraction of sp³-hybridized carbons (Fsp3) is 0.462. The van der Waals surface area contributed by atoms with Gasteiger partial charge in [0, 0.05) is 6.42 Å². The second kappa shape index (κ2) is 6.16. The van der Waals surface area contributed by atoms with Crippen molar-refractivity contribution < 1.29 is 14.6 Å². The van der Waals surface area contributed by atoms with Crippen LogP contribution in [0.5, 0.6) is 11.5 Å². The molecule has 0 saturated heterocycles. The molecule has 0 amide bonds. The van der Waals surface area contributed by atoms with Gasteiger partial charge in [-0.15, -0.1) is 0 Å². The molecule has 88 valence electrons. The molecule has 0 aliphatic carbocycles. The number of aromatic hydroxyl groups is 1. The molecule has 1 N–H and O–H groups in total. The summed E-state index contributed by atoms with van der Waals surface area (Å²) in [6.45, 7) is 2.09. The van der Waals surface area contributed by atoms with Crippen LogP contribution in [0.15, 0.2) is 18.2 Å². The monoisotopic (exact) mass is 222 g/mol. The number of unbranched alkanes of at least 4 members (excludes halogenated alkanes) is 2. The quantitative estimate of drug-likeness (QED) is 0.594. The Hall–Kier alpha value is -1.51. The van der Waals surface area contributed by atoms with Gasteiger partial charge in [0.25, 0.3) is 0 Å². The molecular formula is C13H18O3. The van der Waals surface area contributed by atoms with Crippen molar-refractivity contribution in [2.24, 2.45) is 0 Å². The third-order valence-electron chi connectivity index (χ3n) is 2.51. The summed E-state index contributed by atoms with van der Waals surface area (Å²) in [4.78, 5) is 11.8. The highest BCUT2D eigenvalue weighted by molar-refractivity contribution is 5.98. The fourth-order valence-electron chi connectivity index (χ4n) is 1.54. The number of phenolic OH excluding ortho intramolecular Hbond substituents is 1. The molecule has 0 radical (unpaired) electrons. The molecule has 0 spiro atoms. The van der Waals surface area contributed by atoms with Crippen LogP contribution in [-0.4, -0.2) is 18.0 Å². The van der Waals surface area contributed by atoms with Crippen molar-refractivity contribution in [3.05, 3.63) is 23.8 Å². The molecule has 0 aliphatic heterocycles. The molecule has 0 bridgehead atoms. The molecule has 0 atom stereocenters. The van der Waals surface area contributed by atoms with Crippen LogP contribution in [0.3, 0.4) is 0 Å². The molecule has 3 heteroatoms. The van der Waals surface area contributed by atoms with E-state index in [1.165, 1.54) is 13.2 Å². The summed E-state index contributed by atoms with van der Waals surface area (Å²) in [6.07, 6.45) is 3.47. The van der Waals surface area contributed by atoms with Crippen LogP contribution >= 0.6 is 0 Å².